The lowest BCUT2D eigenvalue weighted by Gasteiger charge is -2.03. The molecule has 144 valence electrons. The summed E-state index contributed by atoms with van der Waals surface area (Å²) in [4.78, 5) is 33.3. The van der Waals surface area contributed by atoms with Crippen molar-refractivity contribution in [1.82, 2.24) is 9.55 Å². The number of imidazole rings is 1. The van der Waals surface area contributed by atoms with Gasteiger partial charge in [-0.05, 0) is 47.7 Å². The highest BCUT2D eigenvalue weighted by Crippen LogP contribution is 2.36. The molecule has 29 heavy (non-hydrogen) atoms. The minimum Gasteiger partial charge on any atom is -0.326 e. The van der Waals surface area contributed by atoms with Crippen LogP contribution in [0.15, 0.2) is 41.3 Å². The molecule has 0 unspecified atom stereocenters. The number of Topliss-reactive ketones (excluding diaryl/α,β-unsaturated/α-hetero) is 2. The predicted molar refractivity (Wildman–Crippen MR) is 119 cm³/mol. The summed E-state index contributed by atoms with van der Waals surface area (Å²) in [6.07, 6.45) is 2.39. The molecule has 0 spiro atoms. The van der Waals surface area contributed by atoms with Crippen molar-refractivity contribution in [3.8, 4) is 10.7 Å². The Morgan fingerprint density at radius 3 is 2.59 bits per heavy atom. The van der Waals surface area contributed by atoms with Gasteiger partial charge in [0, 0.05) is 28.1 Å². The van der Waals surface area contributed by atoms with Crippen LogP contribution in [0.25, 0.3) is 27.1 Å². The summed E-state index contributed by atoms with van der Waals surface area (Å²) in [6, 6.07) is 9.40. The molecular weight excluding hydrogens is 424 g/mol. The topological polar surface area (TPSA) is 52.0 Å². The third kappa shape index (κ3) is 2.82. The Morgan fingerprint density at radius 1 is 1.17 bits per heavy atom. The smallest absolute Gasteiger partial charge is 0.197 e. The SMILES string of the molecule is CCc1cc2c(cc1Cl)C(=O)/C(=C/c1cc3c(nc(-c4cccs4)n3C)s1)C2=O. The van der Waals surface area contributed by atoms with Gasteiger partial charge in [0.25, 0.3) is 0 Å². The molecule has 4 nitrogen and oxygen atoms in total. The van der Waals surface area contributed by atoms with Crippen LogP contribution in [-0.2, 0) is 13.5 Å². The molecule has 3 aromatic heterocycles. The number of halogens is 1. The van der Waals surface area contributed by atoms with E-state index in [-0.39, 0.29) is 17.1 Å². The molecule has 0 atom stereocenters. The molecule has 1 aliphatic carbocycles. The lowest BCUT2D eigenvalue weighted by molar-refractivity contribution is 0.0990. The highest BCUT2D eigenvalue weighted by Gasteiger charge is 2.34. The molecule has 0 fully saturated rings. The fraction of sp³-hybridized carbons (Fsp3) is 0.136. The van der Waals surface area contributed by atoms with Crippen LogP contribution in [-0.4, -0.2) is 21.1 Å². The Bertz CT molecular complexity index is 1340. The zero-order chi connectivity index (χ0) is 20.3. The Labute approximate surface area is 180 Å². The number of thiophene rings is 2. The number of aryl methyl sites for hydroxylation is 2. The summed E-state index contributed by atoms with van der Waals surface area (Å²) in [5.41, 5.74) is 2.88. The fourth-order valence-corrected chi connectivity index (χ4v) is 5.67. The van der Waals surface area contributed by atoms with Gasteiger partial charge in [0.2, 0.25) is 0 Å². The standard InChI is InChI=1S/C22H15ClN2O2S2/c1-3-11-7-13-14(10-16(11)23)20(27)15(19(13)26)8-12-9-17-22(29-12)24-21(25(17)2)18-5-4-6-28-18/h4-10H,3H2,1-2H3/b15-8+. The Hall–Kier alpha value is -2.54. The van der Waals surface area contributed by atoms with Crippen LogP contribution in [0.5, 0.6) is 0 Å². The summed E-state index contributed by atoms with van der Waals surface area (Å²) in [6.45, 7) is 1.97. The van der Waals surface area contributed by atoms with Gasteiger partial charge in [0.1, 0.15) is 4.83 Å². The number of ketones is 2. The van der Waals surface area contributed by atoms with Crippen LogP contribution in [0.4, 0.5) is 0 Å². The van der Waals surface area contributed by atoms with Gasteiger partial charge < -0.3 is 4.57 Å². The van der Waals surface area contributed by atoms with Crippen molar-refractivity contribution < 1.29 is 9.59 Å². The number of carbonyl (C=O) groups excluding carboxylic acids is 2. The molecule has 7 heteroatoms. The molecule has 3 heterocycles. The van der Waals surface area contributed by atoms with Crippen molar-refractivity contribution in [1.29, 1.82) is 0 Å². The zero-order valence-electron chi connectivity index (χ0n) is 15.7. The first-order valence-electron chi connectivity index (χ1n) is 9.11. The number of hydrogen-bond acceptors (Lipinski definition) is 5. The summed E-state index contributed by atoms with van der Waals surface area (Å²) in [5.74, 6) is 0.419. The molecule has 1 aromatic carbocycles. The fourth-order valence-electron chi connectivity index (χ4n) is 3.62. The van der Waals surface area contributed by atoms with E-state index in [1.165, 1.54) is 11.3 Å². The second-order valence-electron chi connectivity index (χ2n) is 6.87. The van der Waals surface area contributed by atoms with Gasteiger partial charge in [0.15, 0.2) is 17.4 Å². The van der Waals surface area contributed by atoms with E-state index in [0.29, 0.717) is 22.6 Å². The zero-order valence-corrected chi connectivity index (χ0v) is 18.0. The van der Waals surface area contributed by atoms with E-state index in [1.54, 1.807) is 29.5 Å². The van der Waals surface area contributed by atoms with Crippen LogP contribution >= 0.6 is 34.3 Å². The lowest BCUT2D eigenvalue weighted by atomic mass is 10.0. The maximum atomic E-state index is 12.9. The lowest BCUT2D eigenvalue weighted by Crippen LogP contribution is -1.99. The van der Waals surface area contributed by atoms with E-state index in [1.807, 2.05) is 42.1 Å². The Balaban J connectivity index is 1.56. The second kappa shape index (κ2) is 6.76. The number of aromatic nitrogens is 2. The van der Waals surface area contributed by atoms with Crippen molar-refractivity contribution in [3.63, 3.8) is 0 Å². The summed E-state index contributed by atoms with van der Waals surface area (Å²) in [7, 11) is 1.98. The number of hydrogen-bond donors (Lipinski definition) is 0. The first-order valence-corrected chi connectivity index (χ1v) is 11.2. The van der Waals surface area contributed by atoms with E-state index in [2.05, 4.69) is 0 Å². The maximum absolute atomic E-state index is 12.9. The number of rotatable bonds is 3. The van der Waals surface area contributed by atoms with Gasteiger partial charge in [-0.1, -0.05) is 24.6 Å². The molecule has 0 N–H and O–H groups in total. The molecule has 1 aliphatic rings. The number of allylic oxidation sites excluding steroid dienone is 1. The number of fused-ring (bicyclic) bond motifs is 2. The van der Waals surface area contributed by atoms with Gasteiger partial charge in [0.05, 0.1) is 16.0 Å². The van der Waals surface area contributed by atoms with E-state index in [9.17, 15) is 9.59 Å². The van der Waals surface area contributed by atoms with E-state index in [4.69, 9.17) is 16.6 Å². The van der Waals surface area contributed by atoms with Gasteiger partial charge in [-0.15, -0.1) is 22.7 Å². The first-order chi connectivity index (χ1) is 14.0. The average molecular weight is 439 g/mol. The third-order valence-electron chi connectivity index (χ3n) is 5.17. The summed E-state index contributed by atoms with van der Waals surface area (Å²) in [5, 5.41) is 2.56. The van der Waals surface area contributed by atoms with Gasteiger partial charge in [-0.25, -0.2) is 4.98 Å². The normalized spacial score (nSPS) is 15.1. The van der Waals surface area contributed by atoms with E-state index in [0.717, 1.165) is 31.5 Å². The molecular formula is C22H15ClN2O2S2. The Morgan fingerprint density at radius 2 is 1.93 bits per heavy atom. The maximum Gasteiger partial charge on any atom is 0.197 e. The first kappa shape index (κ1) is 18.5. The number of benzene rings is 1. The summed E-state index contributed by atoms with van der Waals surface area (Å²) < 4.78 is 2.04. The van der Waals surface area contributed by atoms with Gasteiger partial charge >= 0.3 is 0 Å². The van der Waals surface area contributed by atoms with Crippen LogP contribution < -0.4 is 0 Å². The van der Waals surface area contributed by atoms with E-state index >= 15 is 0 Å². The average Bonchev–Trinajstić information content (AvgIpc) is 3.46. The van der Waals surface area contributed by atoms with Crippen LogP contribution in [0.2, 0.25) is 5.02 Å². The molecule has 4 aromatic rings. The van der Waals surface area contributed by atoms with E-state index < -0.39 is 0 Å². The summed E-state index contributed by atoms with van der Waals surface area (Å²) >= 11 is 9.37. The number of nitrogens with zero attached hydrogens (tertiary/aromatic N) is 2. The third-order valence-corrected chi connectivity index (χ3v) is 7.36. The highest BCUT2D eigenvalue weighted by molar-refractivity contribution is 7.19. The Kier molecular flexibility index (Phi) is 4.31. The minimum atomic E-state index is -0.265. The van der Waals surface area contributed by atoms with Crippen molar-refractivity contribution in [2.45, 2.75) is 13.3 Å². The molecule has 0 saturated carbocycles. The second-order valence-corrected chi connectivity index (χ2v) is 9.29. The van der Waals surface area contributed by atoms with Crippen LogP contribution in [0, 0.1) is 0 Å². The van der Waals surface area contributed by atoms with Gasteiger partial charge in [-0.2, -0.15) is 0 Å². The van der Waals surface area contributed by atoms with Crippen LogP contribution in [0.1, 0.15) is 38.1 Å². The van der Waals surface area contributed by atoms with Gasteiger partial charge in [-0.3, -0.25) is 9.59 Å². The monoisotopic (exact) mass is 438 g/mol. The molecule has 0 saturated heterocycles. The molecule has 0 radical (unpaired) electrons. The largest absolute Gasteiger partial charge is 0.326 e. The molecule has 0 bridgehead atoms. The van der Waals surface area contributed by atoms with Crippen LogP contribution in [0.3, 0.4) is 0 Å². The van der Waals surface area contributed by atoms with Crippen molar-refractivity contribution >= 4 is 62.3 Å². The molecule has 0 aliphatic heterocycles. The van der Waals surface area contributed by atoms with Crippen molar-refractivity contribution in [3.05, 3.63) is 67.9 Å². The minimum absolute atomic E-state index is 0.189. The molecule has 0 amide bonds. The number of carbonyl (C=O) groups is 2. The molecule has 5 rings (SSSR count). The van der Waals surface area contributed by atoms with Crippen molar-refractivity contribution in [2.75, 3.05) is 0 Å². The van der Waals surface area contributed by atoms with Crippen molar-refractivity contribution in [2.24, 2.45) is 7.05 Å². The predicted octanol–water partition coefficient (Wildman–Crippen LogP) is 6.04. The highest BCUT2D eigenvalue weighted by atomic mass is 35.5. The quantitative estimate of drug-likeness (QED) is 0.289.